The van der Waals surface area contributed by atoms with Crippen molar-refractivity contribution < 1.29 is 4.74 Å². The van der Waals surface area contributed by atoms with Gasteiger partial charge in [-0.25, -0.2) is 0 Å². The van der Waals surface area contributed by atoms with E-state index >= 15 is 0 Å². The Morgan fingerprint density at radius 3 is 1.48 bits per heavy atom. The molecule has 0 aromatic heterocycles. The Bertz CT molecular complexity index is 467. The summed E-state index contributed by atoms with van der Waals surface area (Å²) < 4.78 is 3.10. The van der Waals surface area contributed by atoms with E-state index in [0.29, 0.717) is 0 Å². The van der Waals surface area contributed by atoms with Gasteiger partial charge in [0.25, 0.3) is 0 Å². The minimum absolute atomic E-state index is 0.0802. The zero-order valence-electron chi connectivity index (χ0n) is 12.3. The van der Waals surface area contributed by atoms with Gasteiger partial charge in [-0.15, -0.1) is 0 Å². The Balaban J connectivity index is 3.69. The van der Waals surface area contributed by atoms with Crippen molar-refractivity contribution >= 4 is 162 Å². The van der Waals surface area contributed by atoms with Crippen molar-refractivity contribution in [3.63, 3.8) is 0 Å². The van der Waals surface area contributed by atoms with Crippen molar-refractivity contribution in [1.82, 2.24) is 0 Å². The van der Waals surface area contributed by atoms with Crippen molar-refractivity contribution in [3.8, 4) is 0 Å². The molecule has 1 rings (SSSR count). The molecule has 0 spiro atoms. The van der Waals surface area contributed by atoms with Crippen LogP contribution in [-0.2, 0) is 4.74 Å². The normalized spacial score (nSPS) is 28.9. The summed E-state index contributed by atoms with van der Waals surface area (Å²) in [7, 11) is 61.0. The molecule has 0 heterocycles. The molecular formula is C8H12Cl12Ge4O. The van der Waals surface area contributed by atoms with E-state index in [1.165, 1.54) is 0 Å². The Hall–Kier alpha value is 5.61. The summed E-state index contributed by atoms with van der Waals surface area (Å²) in [6.07, 6.45) is 0.562. The first kappa shape index (κ1) is 28.6. The van der Waals surface area contributed by atoms with Gasteiger partial charge < -0.3 is 0 Å². The molecule has 1 aliphatic rings. The molecule has 25 heavy (non-hydrogen) atoms. The van der Waals surface area contributed by atoms with Crippen LogP contribution in [0.4, 0.5) is 0 Å². The average molecular weight is 840 g/mol. The summed E-state index contributed by atoms with van der Waals surface area (Å²) in [5.41, 5.74) is 0. The van der Waals surface area contributed by atoms with Crippen LogP contribution in [0.2, 0.25) is 7.83 Å². The third kappa shape index (κ3) is 6.57. The van der Waals surface area contributed by atoms with E-state index in [1.807, 2.05) is 0 Å². The fourth-order valence-corrected chi connectivity index (χ4v) is 65.3. The van der Waals surface area contributed by atoms with E-state index in [2.05, 4.69) is 0 Å². The van der Waals surface area contributed by atoms with Gasteiger partial charge in [0.15, 0.2) is 0 Å². The van der Waals surface area contributed by atoms with Crippen LogP contribution in [0.1, 0.15) is 26.2 Å². The molecule has 0 aromatic rings. The zero-order chi connectivity index (χ0) is 20.1. The summed E-state index contributed by atoms with van der Waals surface area (Å²) in [5, 5.41) is 0. The SMILES string of the molecule is CCO[C]1([Ge]([Cl])([Cl])[Cl])C[CH]([Ge]([Cl])([Cl])[Cl])C[C]([Ge]([Cl])([Cl])[Cl])([Ge]([Cl])([Cl])[Cl])C1. The predicted octanol–water partition coefficient (Wildman–Crippen LogP) is 8.76. The molecule has 0 N–H and O–H groups in total. The van der Waals surface area contributed by atoms with Gasteiger partial charge in [0.05, 0.1) is 0 Å². The predicted molar refractivity (Wildman–Crippen MR) is 128 cm³/mol. The van der Waals surface area contributed by atoms with Crippen molar-refractivity contribution in [2.45, 2.75) is 38.5 Å². The first-order valence-corrected chi connectivity index (χ1v) is 44.2. The molecule has 0 aromatic carbocycles. The van der Waals surface area contributed by atoms with E-state index in [1.54, 1.807) is 6.92 Å². The van der Waals surface area contributed by atoms with Gasteiger partial charge in [-0.3, -0.25) is 0 Å². The van der Waals surface area contributed by atoms with E-state index < -0.39 is 54.2 Å². The maximum absolute atomic E-state index is 6.49. The van der Waals surface area contributed by atoms with Crippen LogP contribution in [0.25, 0.3) is 0 Å². The molecule has 0 radical (unpaired) electrons. The molecule has 1 fully saturated rings. The summed E-state index contributed by atoms with van der Waals surface area (Å²) in [4.78, 5) is 0. The molecule has 2 unspecified atom stereocenters. The monoisotopic (exact) mass is 839 g/mol. The summed E-state index contributed by atoms with van der Waals surface area (Å²) in [6.45, 7) is 2.05. The van der Waals surface area contributed by atoms with Crippen molar-refractivity contribution in [2.75, 3.05) is 6.61 Å². The minimum atomic E-state index is -4.21. The first-order chi connectivity index (χ1) is 10.8. The van der Waals surface area contributed by atoms with Crippen LogP contribution >= 0.6 is 120 Å². The third-order valence-electron chi connectivity index (χ3n) is 4.24. The number of halogens is 12. The average Bonchev–Trinajstić information content (AvgIpc) is 2.33. The fourth-order valence-electron chi connectivity index (χ4n) is 3.03. The van der Waals surface area contributed by atoms with E-state index in [4.69, 9.17) is 125 Å². The topological polar surface area (TPSA) is 9.23 Å². The second-order valence-corrected chi connectivity index (χ2v) is 72.1. The number of ether oxygens (including phenoxy) is 1. The number of hydrogen-bond acceptors (Lipinski definition) is 1. The molecule has 17 heteroatoms. The second-order valence-electron chi connectivity index (χ2n) is 5.83. The quantitative estimate of drug-likeness (QED) is 0.244. The van der Waals surface area contributed by atoms with Gasteiger partial charge in [0.2, 0.25) is 0 Å². The molecule has 0 amide bonds. The molecule has 0 bridgehead atoms. The summed E-state index contributed by atoms with van der Waals surface area (Å²) >= 11 is 0. The van der Waals surface area contributed by atoms with Crippen molar-refractivity contribution in [2.24, 2.45) is 0 Å². The van der Waals surface area contributed by atoms with Gasteiger partial charge in [0.1, 0.15) is 0 Å². The Morgan fingerprint density at radius 2 is 1.20 bits per heavy atom. The molecule has 1 aliphatic carbocycles. The van der Waals surface area contributed by atoms with Crippen LogP contribution in [0, 0.1) is 0 Å². The van der Waals surface area contributed by atoms with Gasteiger partial charge in [-0.05, 0) is 0 Å². The Kier molecular flexibility index (Phi) is 11.3. The van der Waals surface area contributed by atoms with E-state index in [9.17, 15) is 0 Å². The van der Waals surface area contributed by atoms with Crippen LogP contribution < -0.4 is 0 Å². The molecule has 0 aliphatic heterocycles. The third-order valence-corrected chi connectivity index (χ3v) is 56.5. The van der Waals surface area contributed by atoms with Crippen LogP contribution in [0.3, 0.4) is 0 Å². The van der Waals surface area contributed by atoms with Gasteiger partial charge in [-0.2, -0.15) is 0 Å². The maximum atomic E-state index is 6.49. The van der Waals surface area contributed by atoms with E-state index in [-0.39, 0.29) is 25.9 Å². The summed E-state index contributed by atoms with van der Waals surface area (Å²) in [5.74, 6) is 0. The van der Waals surface area contributed by atoms with Crippen molar-refractivity contribution in [1.29, 1.82) is 0 Å². The Labute approximate surface area is 208 Å². The van der Waals surface area contributed by atoms with E-state index in [0.717, 1.165) is 0 Å². The molecule has 150 valence electrons. The number of hydrogen-bond donors (Lipinski definition) is 0. The fraction of sp³-hybridized carbons (Fsp3) is 1.00. The molecular weight excluding hydrogens is 828 g/mol. The zero-order valence-corrected chi connectivity index (χ0v) is 29.8. The number of rotatable bonds is 6. The second kappa shape index (κ2) is 9.85. The summed E-state index contributed by atoms with van der Waals surface area (Å²) in [6, 6.07) is 0. The first-order valence-electron chi connectivity index (χ1n) is 6.74. The van der Waals surface area contributed by atoms with Crippen LogP contribution in [0.5, 0.6) is 0 Å². The Morgan fingerprint density at radius 1 is 0.760 bits per heavy atom. The van der Waals surface area contributed by atoms with Crippen molar-refractivity contribution in [3.05, 3.63) is 0 Å². The standard InChI is InChI=1S/C8H12Cl12Ge4O/c1-2-25-8(24(18,19)20)4-6(21(9,10)11)3-7(5-8,22(12,13)14)23(15,16)17/h6H,2-5H2,1H3. The molecule has 1 nitrogen and oxygen atoms in total. The van der Waals surface area contributed by atoms with Gasteiger partial charge >= 0.3 is 212 Å². The molecule has 1 saturated carbocycles. The van der Waals surface area contributed by atoms with Crippen LogP contribution in [-0.4, -0.2) is 53.0 Å². The molecule has 0 saturated heterocycles. The van der Waals surface area contributed by atoms with Gasteiger partial charge in [-0.1, -0.05) is 0 Å². The van der Waals surface area contributed by atoms with Gasteiger partial charge in [0, 0.05) is 0 Å². The molecule has 2 atom stereocenters. The van der Waals surface area contributed by atoms with Crippen LogP contribution in [0.15, 0.2) is 0 Å².